The van der Waals surface area contributed by atoms with Crippen LogP contribution in [-0.4, -0.2) is 12.6 Å². The molecule has 0 unspecified atom stereocenters. The average Bonchev–Trinajstić information content (AvgIpc) is 2.87. The molecule has 1 fully saturated rings. The Hall–Kier alpha value is -3.57. The number of allylic oxidation sites excluding steroid dienone is 1. The SMILES string of the molecule is C=CC[C@H]1CC[C@H](c2ccc(C(=O)Oc3ccc(OCCCCC)c(C#N)c3C#N)cc2)CC1. The molecule has 0 saturated heterocycles. The molecule has 0 amide bonds. The summed E-state index contributed by atoms with van der Waals surface area (Å²) in [6.45, 7) is 6.41. The first kappa shape index (κ1) is 25.1. The first-order valence-corrected chi connectivity index (χ1v) is 12.1. The average molecular weight is 457 g/mol. The van der Waals surface area contributed by atoms with E-state index in [-0.39, 0.29) is 16.9 Å². The fourth-order valence-electron chi connectivity index (χ4n) is 4.54. The summed E-state index contributed by atoms with van der Waals surface area (Å²) in [5, 5.41) is 19.2. The minimum Gasteiger partial charge on any atom is -0.492 e. The molecule has 0 radical (unpaired) electrons. The van der Waals surface area contributed by atoms with Crippen molar-refractivity contribution in [2.45, 2.75) is 64.2 Å². The zero-order valence-electron chi connectivity index (χ0n) is 19.9. The summed E-state index contributed by atoms with van der Waals surface area (Å²) in [5.74, 6) is 1.10. The second-order valence-electron chi connectivity index (χ2n) is 8.84. The maximum absolute atomic E-state index is 12.8. The molecule has 1 saturated carbocycles. The first-order chi connectivity index (χ1) is 16.6. The van der Waals surface area contributed by atoms with Crippen molar-refractivity contribution in [2.24, 2.45) is 5.92 Å². The molecule has 5 heteroatoms. The van der Waals surface area contributed by atoms with Crippen LogP contribution in [0.15, 0.2) is 49.1 Å². The number of nitriles is 2. The van der Waals surface area contributed by atoms with E-state index >= 15 is 0 Å². The third-order valence-electron chi connectivity index (χ3n) is 6.53. The van der Waals surface area contributed by atoms with Gasteiger partial charge < -0.3 is 9.47 Å². The highest BCUT2D eigenvalue weighted by Crippen LogP contribution is 2.37. The van der Waals surface area contributed by atoms with Crippen molar-refractivity contribution in [1.82, 2.24) is 0 Å². The number of benzene rings is 2. The predicted octanol–water partition coefficient (Wildman–Crippen LogP) is 7.07. The lowest BCUT2D eigenvalue weighted by Crippen LogP contribution is -2.13. The fourth-order valence-corrected chi connectivity index (χ4v) is 4.54. The van der Waals surface area contributed by atoms with E-state index in [9.17, 15) is 15.3 Å². The van der Waals surface area contributed by atoms with Crippen LogP contribution in [0.2, 0.25) is 0 Å². The van der Waals surface area contributed by atoms with E-state index in [0.717, 1.165) is 44.4 Å². The maximum Gasteiger partial charge on any atom is 0.343 e. The van der Waals surface area contributed by atoms with Gasteiger partial charge in [-0.1, -0.05) is 38.0 Å². The second kappa shape index (κ2) is 12.6. The van der Waals surface area contributed by atoms with Gasteiger partial charge in [0, 0.05) is 0 Å². The molecule has 1 aliphatic carbocycles. The minimum atomic E-state index is -0.557. The molecule has 0 N–H and O–H groups in total. The zero-order valence-corrected chi connectivity index (χ0v) is 19.9. The smallest absolute Gasteiger partial charge is 0.343 e. The number of ether oxygens (including phenoxy) is 2. The summed E-state index contributed by atoms with van der Waals surface area (Å²) >= 11 is 0. The van der Waals surface area contributed by atoms with Crippen molar-refractivity contribution < 1.29 is 14.3 Å². The molecule has 34 heavy (non-hydrogen) atoms. The molecular formula is C29H32N2O3. The molecule has 0 bridgehead atoms. The van der Waals surface area contributed by atoms with E-state index < -0.39 is 5.97 Å². The van der Waals surface area contributed by atoms with Gasteiger partial charge >= 0.3 is 5.97 Å². The van der Waals surface area contributed by atoms with Crippen LogP contribution in [0, 0.1) is 28.6 Å². The molecule has 5 nitrogen and oxygen atoms in total. The monoisotopic (exact) mass is 456 g/mol. The van der Waals surface area contributed by atoms with Gasteiger partial charge in [0.1, 0.15) is 29.0 Å². The number of unbranched alkanes of at least 4 members (excludes halogenated alkanes) is 2. The molecule has 0 atom stereocenters. The first-order valence-electron chi connectivity index (χ1n) is 12.1. The molecule has 0 aromatic heterocycles. The minimum absolute atomic E-state index is 0.0109. The number of nitrogens with zero attached hydrogens (tertiary/aromatic N) is 2. The number of esters is 1. The van der Waals surface area contributed by atoms with Gasteiger partial charge in [-0.15, -0.1) is 6.58 Å². The molecule has 2 aromatic rings. The lowest BCUT2D eigenvalue weighted by atomic mass is 9.77. The molecule has 0 heterocycles. The van der Waals surface area contributed by atoms with Crippen molar-refractivity contribution in [3.8, 4) is 23.6 Å². The standard InChI is InChI=1S/C29H32N2O3/c1-3-5-6-18-33-27-16-17-28(26(20-31)25(27)19-30)34-29(32)24-14-12-23(13-15-24)22-10-8-21(7-4-2)9-11-22/h4,12-17,21-22H,2-3,5-11,18H2,1H3/t21-,22-. The van der Waals surface area contributed by atoms with Crippen molar-refractivity contribution in [1.29, 1.82) is 10.5 Å². The van der Waals surface area contributed by atoms with E-state index in [0.29, 0.717) is 23.8 Å². The largest absolute Gasteiger partial charge is 0.492 e. The normalized spacial score (nSPS) is 17.3. The Kier molecular flexibility index (Phi) is 9.30. The number of carbonyl (C=O) groups is 1. The Balaban J connectivity index is 1.67. The highest BCUT2D eigenvalue weighted by atomic mass is 16.5. The quantitative estimate of drug-likeness (QED) is 0.165. The van der Waals surface area contributed by atoms with E-state index in [1.165, 1.54) is 24.5 Å². The third kappa shape index (κ3) is 6.27. The van der Waals surface area contributed by atoms with Gasteiger partial charge in [0.25, 0.3) is 0 Å². The molecular weight excluding hydrogens is 424 g/mol. The van der Waals surface area contributed by atoms with Crippen LogP contribution < -0.4 is 9.47 Å². The van der Waals surface area contributed by atoms with Gasteiger partial charge in [-0.3, -0.25) is 0 Å². The second-order valence-corrected chi connectivity index (χ2v) is 8.84. The zero-order chi connectivity index (χ0) is 24.3. The van der Waals surface area contributed by atoms with Crippen LogP contribution in [0.4, 0.5) is 0 Å². The highest BCUT2D eigenvalue weighted by molar-refractivity contribution is 5.91. The molecule has 2 aromatic carbocycles. The summed E-state index contributed by atoms with van der Waals surface area (Å²) in [7, 11) is 0. The van der Waals surface area contributed by atoms with Crippen LogP contribution in [-0.2, 0) is 0 Å². The summed E-state index contributed by atoms with van der Waals surface area (Å²) in [6.07, 6.45) is 10.8. The lowest BCUT2D eigenvalue weighted by molar-refractivity contribution is 0.0734. The van der Waals surface area contributed by atoms with Gasteiger partial charge in [0.2, 0.25) is 0 Å². The predicted molar refractivity (Wildman–Crippen MR) is 132 cm³/mol. The van der Waals surface area contributed by atoms with Crippen LogP contribution in [0.1, 0.15) is 91.3 Å². The van der Waals surface area contributed by atoms with Gasteiger partial charge in [0.05, 0.1) is 12.2 Å². The van der Waals surface area contributed by atoms with E-state index in [4.69, 9.17) is 9.47 Å². The van der Waals surface area contributed by atoms with E-state index in [2.05, 4.69) is 13.5 Å². The summed E-state index contributed by atoms with van der Waals surface area (Å²) in [5.41, 5.74) is 1.75. The van der Waals surface area contributed by atoms with Crippen molar-refractivity contribution in [3.63, 3.8) is 0 Å². The van der Waals surface area contributed by atoms with Gasteiger partial charge in [-0.2, -0.15) is 10.5 Å². The van der Waals surface area contributed by atoms with Crippen LogP contribution in [0.3, 0.4) is 0 Å². The van der Waals surface area contributed by atoms with Crippen LogP contribution in [0.5, 0.6) is 11.5 Å². The Morgan fingerprint density at radius 2 is 1.65 bits per heavy atom. The number of rotatable bonds is 10. The Morgan fingerprint density at radius 3 is 2.26 bits per heavy atom. The summed E-state index contributed by atoms with van der Waals surface area (Å²) < 4.78 is 11.2. The topological polar surface area (TPSA) is 83.1 Å². The fraction of sp³-hybridized carbons (Fsp3) is 0.414. The van der Waals surface area contributed by atoms with Crippen molar-refractivity contribution in [3.05, 3.63) is 71.3 Å². The lowest BCUT2D eigenvalue weighted by Gasteiger charge is -2.28. The molecule has 0 spiro atoms. The maximum atomic E-state index is 12.8. The van der Waals surface area contributed by atoms with Gasteiger partial charge in [-0.25, -0.2) is 4.79 Å². The number of hydrogen-bond acceptors (Lipinski definition) is 5. The number of hydrogen-bond donors (Lipinski definition) is 0. The highest BCUT2D eigenvalue weighted by Gasteiger charge is 2.22. The Bertz CT molecular complexity index is 1070. The van der Waals surface area contributed by atoms with E-state index in [1.54, 1.807) is 18.2 Å². The molecule has 1 aliphatic rings. The van der Waals surface area contributed by atoms with Gasteiger partial charge in [-0.05, 0) is 80.2 Å². The summed E-state index contributed by atoms with van der Waals surface area (Å²) in [4.78, 5) is 12.8. The molecule has 3 rings (SSSR count). The Morgan fingerprint density at radius 1 is 1.00 bits per heavy atom. The Labute approximate surface area is 202 Å². The van der Waals surface area contributed by atoms with Gasteiger partial charge in [0.15, 0.2) is 5.75 Å². The van der Waals surface area contributed by atoms with Crippen LogP contribution in [0.25, 0.3) is 0 Å². The summed E-state index contributed by atoms with van der Waals surface area (Å²) in [6, 6.07) is 14.6. The molecule has 176 valence electrons. The third-order valence-corrected chi connectivity index (χ3v) is 6.53. The van der Waals surface area contributed by atoms with Crippen molar-refractivity contribution >= 4 is 5.97 Å². The van der Waals surface area contributed by atoms with Crippen molar-refractivity contribution in [2.75, 3.05) is 6.61 Å². The van der Waals surface area contributed by atoms with Crippen LogP contribution >= 0.6 is 0 Å². The van der Waals surface area contributed by atoms with E-state index in [1.807, 2.05) is 30.3 Å². The molecule has 0 aliphatic heterocycles. The number of carbonyl (C=O) groups excluding carboxylic acids is 1.